The minimum absolute atomic E-state index is 0.0212. The van der Waals surface area contributed by atoms with Crippen LogP contribution in [0.5, 0.6) is 0 Å². The van der Waals surface area contributed by atoms with Gasteiger partial charge in [-0.25, -0.2) is 0 Å². The lowest BCUT2D eigenvalue weighted by Gasteiger charge is -2.05. The van der Waals surface area contributed by atoms with Gasteiger partial charge in [-0.3, -0.25) is 4.79 Å². The van der Waals surface area contributed by atoms with Gasteiger partial charge in [-0.1, -0.05) is 30.3 Å². The number of Topliss-reactive ketones (excluding diaryl/α,β-unsaturated/α-hetero) is 1. The number of ether oxygens (including phenoxy) is 2. The normalized spacial score (nSPS) is 9.94. The molecule has 0 unspecified atom stereocenters. The number of ketones is 1. The van der Waals surface area contributed by atoms with Crippen molar-refractivity contribution in [2.24, 2.45) is 0 Å². The third-order valence-electron chi connectivity index (χ3n) is 2.10. The highest BCUT2D eigenvalue weighted by molar-refractivity contribution is 5.80. The molecule has 0 aliphatic carbocycles. The van der Waals surface area contributed by atoms with Crippen LogP contribution in [-0.4, -0.2) is 18.5 Å². The first kappa shape index (κ1) is 13.4. The topological polar surface area (TPSA) is 52.6 Å². The van der Waals surface area contributed by atoms with Gasteiger partial charge in [-0.05, 0) is 12.5 Å². The molecule has 1 aromatic rings. The molecule has 0 fully saturated rings. The molecule has 0 aliphatic rings. The van der Waals surface area contributed by atoms with Gasteiger partial charge < -0.3 is 14.3 Å². The smallest absolute Gasteiger partial charge is 0.308 e. The molecule has 4 nitrogen and oxygen atoms in total. The van der Waals surface area contributed by atoms with Crippen molar-refractivity contribution in [3.8, 4) is 0 Å². The average molecular weight is 236 g/mol. The zero-order valence-corrected chi connectivity index (χ0v) is 9.85. The predicted octanol–water partition coefficient (Wildman–Crippen LogP) is 2.07. The summed E-state index contributed by atoms with van der Waals surface area (Å²) < 4.78 is 9.97. The summed E-state index contributed by atoms with van der Waals surface area (Å²) in [4.78, 5) is 21.7. The molecule has 0 saturated heterocycles. The second-order valence-corrected chi connectivity index (χ2v) is 3.67. The molecule has 0 amide bonds. The van der Waals surface area contributed by atoms with Crippen LogP contribution in [0.3, 0.4) is 0 Å². The van der Waals surface area contributed by atoms with Gasteiger partial charge in [0.1, 0.15) is 5.78 Å². The number of carbonyl (C=O) groups is 2. The Morgan fingerprint density at radius 1 is 1.12 bits per heavy atom. The lowest BCUT2D eigenvalue weighted by atomic mass is 10.2. The van der Waals surface area contributed by atoms with Crippen molar-refractivity contribution >= 4 is 11.8 Å². The molecule has 4 heteroatoms. The Kier molecular flexibility index (Phi) is 5.96. The summed E-state index contributed by atoms with van der Waals surface area (Å²) in [7, 11) is 0. The molecule has 0 N–H and O–H groups in total. The molecular formula is C13H16O4. The van der Waals surface area contributed by atoms with Crippen molar-refractivity contribution in [1.82, 2.24) is 0 Å². The maximum Gasteiger partial charge on any atom is 0.308 e. The molecule has 1 rings (SSSR count). The van der Waals surface area contributed by atoms with E-state index in [0.717, 1.165) is 5.56 Å². The quantitative estimate of drug-likeness (QED) is 0.413. The highest BCUT2D eigenvalue weighted by Gasteiger charge is 2.04. The van der Waals surface area contributed by atoms with Crippen LogP contribution in [0.1, 0.15) is 25.3 Å². The summed E-state index contributed by atoms with van der Waals surface area (Å²) >= 11 is 0. The van der Waals surface area contributed by atoms with Gasteiger partial charge in [0.15, 0.2) is 6.79 Å². The predicted molar refractivity (Wildman–Crippen MR) is 62.1 cm³/mol. The van der Waals surface area contributed by atoms with E-state index in [9.17, 15) is 9.59 Å². The summed E-state index contributed by atoms with van der Waals surface area (Å²) in [5.74, 6) is -0.430. The molecule has 1 aromatic carbocycles. The second-order valence-electron chi connectivity index (χ2n) is 3.67. The zero-order chi connectivity index (χ0) is 12.5. The Morgan fingerprint density at radius 3 is 2.47 bits per heavy atom. The number of rotatable bonds is 7. The highest BCUT2D eigenvalue weighted by Crippen LogP contribution is 2.01. The molecule has 0 aliphatic heterocycles. The SMILES string of the molecule is CC(=O)CCC(=O)OCOCc1ccccc1. The van der Waals surface area contributed by atoms with E-state index in [4.69, 9.17) is 9.47 Å². The summed E-state index contributed by atoms with van der Waals surface area (Å²) in [5, 5.41) is 0. The van der Waals surface area contributed by atoms with E-state index in [1.807, 2.05) is 30.3 Å². The van der Waals surface area contributed by atoms with Crippen LogP contribution in [0, 0.1) is 0 Å². The van der Waals surface area contributed by atoms with Crippen LogP contribution >= 0.6 is 0 Å². The monoisotopic (exact) mass is 236 g/mol. The minimum atomic E-state index is -0.409. The van der Waals surface area contributed by atoms with Crippen molar-refractivity contribution in [1.29, 1.82) is 0 Å². The lowest BCUT2D eigenvalue weighted by Crippen LogP contribution is -2.09. The van der Waals surface area contributed by atoms with Crippen LogP contribution in [0.15, 0.2) is 30.3 Å². The molecule has 0 aromatic heterocycles. The van der Waals surface area contributed by atoms with E-state index < -0.39 is 5.97 Å². The van der Waals surface area contributed by atoms with Crippen LogP contribution < -0.4 is 0 Å². The Balaban J connectivity index is 2.08. The molecular weight excluding hydrogens is 220 g/mol. The Labute approximate surface area is 101 Å². The van der Waals surface area contributed by atoms with Crippen molar-refractivity contribution in [3.05, 3.63) is 35.9 Å². The summed E-state index contributed by atoms with van der Waals surface area (Å²) in [6, 6.07) is 9.61. The van der Waals surface area contributed by atoms with Crippen LogP contribution in [-0.2, 0) is 25.7 Å². The number of carbonyl (C=O) groups excluding carboxylic acids is 2. The molecule has 0 bridgehead atoms. The second kappa shape index (κ2) is 7.57. The first-order valence-electron chi connectivity index (χ1n) is 5.45. The maximum absolute atomic E-state index is 11.1. The van der Waals surface area contributed by atoms with Crippen LogP contribution in [0.4, 0.5) is 0 Å². The standard InChI is InChI=1S/C13H16O4/c1-11(14)7-8-13(15)17-10-16-9-12-5-3-2-4-6-12/h2-6H,7-10H2,1H3. The number of esters is 1. The fraction of sp³-hybridized carbons (Fsp3) is 0.385. The minimum Gasteiger partial charge on any atom is -0.438 e. The molecule has 0 spiro atoms. The van der Waals surface area contributed by atoms with Crippen molar-refractivity contribution in [2.75, 3.05) is 6.79 Å². The van der Waals surface area contributed by atoms with E-state index in [-0.39, 0.29) is 25.4 Å². The summed E-state index contributed by atoms with van der Waals surface area (Å²) in [5.41, 5.74) is 1.02. The number of benzene rings is 1. The van der Waals surface area contributed by atoms with E-state index in [0.29, 0.717) is 6.61 Å². The maximum atomic E-state index is 11.1. The van der Waals surface area contributed by atoms with Crippen molar-refractivity contribution in [2.45, 2.75) is 26.4 Å². The van der Waals surface area contributed by atoms with Crippen LogP contribution in [0.2, 0.25) is 0 Å². The molecule has 0 heterocycles. The Hall–Kier alpha value is -1.68. The van der Waals surface area contributed by atoms with Gasteiger partial charge in [-0.15, -0.1) is 0 Å². The lowest BCUT2D eigenvalue weighted by molar-refractivity contribution is -0.157. The molecule has 17 heavy (non-hydrogen) atoms. The van der Waals surface area contributed by atoms with E-state index in [1.54, 1.807) is 0 Å². The van der Waals surface area contributed by atoms with Gasteiger partial charge in [0.2, 0.25) is 0 Å². The summed E-state index contributed by atoms with van der Waals surface area (Å²) in [6.45, 7) is 1.77. The largest absolute Gasteiger partial charge is 0.438 e. The number of hydrogen-bond acceptors (Lipinski definition) is 4. The third-order valence-corrected chi connectivity index (χ3v) is 2.10. The van der Waals surface area contributed by atoms with E-state index in [2.05, 4.69) is 0 Å². The Morgan fingerprint density at radius 2 is 1.82 bits per heavy atom. The van der Waals surface area contributed by atoms with Crippen molar-refractivity contribution < 1.29 is 19.1 Å². The highest BCUT2D eigenvalue weighted by atomic mass is 16.7. The van der Waals surface area contributed by atoms with Gasteiger partial charge in [-0.2, -0.15) is 0 Å². The van der Waals surface area contributed by atoms with Gasteiger partial charge in [0, 0.05) is 6.42 Å². The molecule has 0 atom stereocenters. The molecule has 0 radical (unpaired) electrons. The van der Waals surface area contributed by atoms with E-state index >= 15 is 0 Å². The summed E-state index contributed by atoms with van der Waals surface area (Å²) in [6.07, 6.45) is 0.335. The average Bonchev–Trinajstić information content (AvgIpc) is 2.33. The molecule has 0 saturated carbocycles. The first-order valence-corrected chi connectivity index (χ1v) is 5.45. The van der Waals surface area contributed by atoms with Gasteiger partial charge in [0.05, 0.1) is 13.0 Å². The fourth-order valence-corrected chi connectivity index (χ4v) is 1.19. The van der Waals surface area contributed by atoms with E-state index in [1.165, 1.54) is 6.92 Å². The van der Waals surface area contributed by atoms with Crippen LogP contribution in [0.25, 0.3) is 0 Å². The Bertz CT molecular complexity index is 359. The van der Waals surface area contributed by atoms with Crippen molar-refractivity contribution in [3.63, 3.8) is 0 Å². The third kappa shape index (κ3) is 6.48. The fourth-order valence-electron chi connectivity index (χ4n) is 1.19. The van der Waals surface area contributed by atoms with Gasteiger partial charge >= 0.3 is 5.97 Å². The zero-order valence-electron chi connectivity index (χ0n) is 9.85. The number of hydrogen-bond donors (Lipinski definition) is 0. The molecule has 92 valence electrons. The van der Waals surface area contributed by atoms with Gasteiger partial charge in [0.25, 0.3) is 0 Å². The first-order chi connectivity index (χ1) is 8.18.